The molecular weight excluding hydrogens is 288 g/mol. The molecule has 0 aliphatic rings. The van der Waals surface area contributed by atoms with Gasteiger partial charge in [0.15, 0.2) is 5.78 Å². The second-order valence-electron chi connectivity index (χ2n) is 4.38. The van der Waals surface area contributed by atoms with Gasteiger partial charge in [-0.05, 0) is 35.9 Å². The first kappa shape index (κ1) is 15.0. The Hall–Kier alpha value is -2.44. The predicted molar refractivity (Wildman–Crippen MR) is 68.1 cm³/mol. The number of hydrogen-bond donors (Lipinski definition) is 1. The molecule has 7 heteroatoms. The van der Waals surface area contributed by atoms with E-state index in [2.05, 4.69) is 4.98 Å². The van der Waals surface area contributed by atoms with Crippen molar-refractivity contribution in [3.63, 3.8) is 0 Å². The third-order valence-corrected chi connectivity index (χ3v) is 2.80. The van der Waals surface area contributed by atoms with Gasteiger partial charge in [-0.3, -0.25) is 4.79 Å². The lowest BCUT2D eigenvalue weighted by Gasteiger charge is -2.09. The van der Waals surface area contributed by atoms with Gasteiger partial charge in [-0.25, -0.2) is 9.37 Å². The molecule has 0 spiro atoms. The van der Waals surface area contributed by atoms with Gasteiger partial charge in [0.05, 0.1) is 11.1 Å². The molecule has 3 nitrogen and oxygen atoms in total. The van der Waals surface area contributed by atoms with Crippen LogP contribution in [0.2, 0.25) is 0 Å². The van der Waals surface area contributed by atoms with Crippen molar-refractivity contribution in [1.29, 1.82) is 0 Å². The predicted octanol–water partition coefficient (Wildman–Crippen LogP) is 3.25. The molecule has 1 aromatic heterocycles. The number of benzene rings is 1. The van der Waals surface area contributed by atoms with Crippen LogP contribution >= 0.6 is 0 Å². The minimum Gasteiger partial charge on any atom is -0.384 e. The number of halogens is 4. The van der Waals surface area contributed by atoms with Gasteiger partial charge in [0.25, 0.3) is 0 Å². The van der Waals surface area contributed by atoms with Gasteiger partial charge < -0.3 is 5.73 Å². The molecule has 2 aromatic rings. The zero-order valence-corrected chi connectivity index (χ0v) is 10.6. The number of nitrogens with two attached hydrogens (primary N) is 1. The fourth-order valence-corrected chi connectivity index (χ4v) is 1.80. The summed E-state index contributed by atoms with van der Waals surface area (Å²) in [4.78, 5) is 15.7. The number of aromatic nitrogens is 1. The second-order valence-corrected chi connectivity index (χ2v) is 4.38. The molecule has 0 fully saturated rings. The number of nitrogen functional groups attached to an aromatic ring is 1. The molecule has 110 valence electrons. The van der Waals surface area contributed by atoms with Crippen LogP contribution in [0.25, 0.3) is 0 Å². The van der Waals surface area contributed by atoms with Gasteiger partial charge in [0.1, 0.15) is 11.6 Å². The molecule has 0 saturated heterocycles. The van der Waals surface area contributed by atoms with Crippen LogP contribution in [0.5, 0.6) is 0 Å². The van der Waals surface area contributed by atoms with Crippen LogP contribution < -0.4 is 5.73 Å². The molecule has 0 bridgehead atoms. The highest BCUT2D eigenvalue weighted by Gasteiger charge is 2.31. The van der Waals surface area contributed by atoms with E-state index < -0.39 is 28.9 Å². The Morgan fingerprint density at radius 2 is 1.90 bits per heavy atom. The molecule has 2 rings (SSSR count). The lowest BCUT2D eigenvalue weighted by atomic mass is 10.0. The second kappa shape index (κ2) is 5.51. The Bertz CT molecular complexity index is 683. The van der Waals surface area contributed by atoms with Crippen molar-refractivity contribution in [2.75, 3.05) is 5.73 Å². The topological polar surface area (TPSA) is 56.0 Å². The Labute approximate surface area is 117 Å². The number of hydrogen-bond acceptors (Lipinski definition) is 3. The maximum atomic E-state index is 13.6. The first-order chi connectivity index (χ1) is 9.77. The molecule has 1 heterocycles. The summed E-state index contributed by atoms with van der Waals surface area (Å²) in [5.41, 5.74) is 4.22. The maximum absolute atomic E-state index is 13.6. The summed E-state index contributed by atoms with van der Waals surface area (Å²) in [7, 11) is 0. The molecule has 0 radical (unpaired) electrons. The van der Waals surface area contributed by atoms with E-state index in [1.165, 1.54) is 18.3 Å². The maximum Gasteiger partial charge on any atom is 0.416 e. The third-order valence-electron chi connectivity index (χ3n) is 2.80. The summed E-state index contributed by atoms with van der Waals surface area (Å²) in [6.45, 7) is 0. The van der Waals surface area contributed by atoms with Crippen LogP contribution in [-0.2, 0) is 12.6 Å². The van der Waals surface area contributed by atoms with Gasteiger partial charge in [-0.1, -0.05) is 0 Å². The van der Waals surface area contributed by atoms with Crippen molar-refractivity contribution in [2.45, 2.75) is 12.6 Å². The van der Waals surface area contributed by atoms with Crippen molar-refractivity contribution in [1.82, 2.24) is 4.98 Å². The number of rotatable bonds is 3. The smallest absolute Gasteiger partial charge is 0.384 e. The van der Waals surface area contributed by atoms with Crippen LogP contribution in [0.15, 0.2) is 36.5 Å². The molecule has 0 unspecified atom stereocenters. The zero-order valence-electron chi connectivity index (χ0n) is 10.6. The van der Waals surface area contributed by atoms with E-state index in [0.717, 1.165) is 0 Å². The number of carbonyl (C=O) groups excluding carboxylic acids is 1. The van der Waals surface area contributed by atoms with Crippen LogP contribution in [-0.4, -0.2) is 10.8 Å². The first-order valence-electron chi connectivity index (χ1n) is 5.88. The molecule has 1 aromatic carbocycles. The minimum absolute atomic E-state index is 0.171. The van der Waals surface area contributed by atoms with Crippen LogP contribution in [0, 0.1) is 5.82 Å². The summed E-state index contributed by atoms with van der Waals surface area (Å²) in [5, 5.41) is 0. The number of Topliss-reactive ketones (excluding diaryl/α,β-unsaturated/α-hetero) is 1. The molecule has 0 aliphatic carbocycles. The standard InChI is InChI=1S/C14H10F4N2O/c15-11-2-1-9(14(16,17)18)7-10(11)12(21)5-8-3-4-20-13(19)6-8/h1-4,6-7H,5H2,(H2,19,20). The first-order valence-corrected chi connectivity index (χ1v) is 5.88. The summed E-state index contributed by atoms with van der Waals surface area (Å²) in [6.07, 6.45) is -3.53. The molecule has 0 amide bonds. The Morgan fingerprint density at radius 1 is 1.19 bits per heavy atom. The fraction of sp³-hybridized carbons (Fsp3) is 0.143. The summed E-state index contributed by atoms with van der Waals surface area (Å²) in [5.74, 6) is -1.58. The van der Waals surface area contributed by atoms with E-state index >= 15 is 0 Å². The summed E-state index contributed by atoms with van der Waals surface area (Å²) in [6, 6.07) is 4.64. The van der Waals surface area contributed by atoms with Crippen molar-refractivity contribution >= 4 is 11.6 Å². The SMILES string of the molecule is Nc1cc(CC(=O)c2cc(C(F)(F)F)ccc2F)ccn1. The van der Waals surface area contributed by atoms with Gasteiger partial charge in [-0.15, -0.1) is 0 Å². The van der Waals surface area contributed by atoms with E-state index in [1.54, 1.807) is 0 Å². The lowest BCUT2D eigenvalue weighted by Crippen LogP contribution is -2.11. The number of carbonyl (C=O) groups is 1. The third kappa shape index (κ3) is 3.56. The average molecular weight is 298 g/mol. The van der Waals surface area contributed by atoms with Crippen molar-refractivity contribution in [2.24, 2.45) is 0 Å². The van der Waals surface area contributed by atoms with Gasteiger partial charge in [0.2, 0.25) is 0 Å². The normalized spacial score (nSPS) is 11.4. The summed E-state index contributed by atoms with van der Waals surface area (Å²) < 4.78 is 51.3. The largest absolute Gasteiger partial charge is 0.416 e. The number of anilines is 1. The Morgan fingerprint density at radius 3 is 2.52 bits per heavy atom. The van der Waals surface area contributed by atoms with Crippen molar-refractivity contribution in [3.05, 3.63) is 59.0 Å². The number of pyridine rings is 1. The fourth-order valence-electron chi connectivity index (χ4n) is 1.80. The van der Waals surface area contributed by atoms with E-state index in [4.69, 9.17) is 5.73 Å². The zero-order chi connectivity index (χ0) is 15.6. The van der Waals surface area contributed by atoms with E-state index in [0.29, 0.717) is 23.8 Å². The van der Waals surface area contributed by atoms with Crippen molar-refractivity contribution < 1.29 is 22.4 Å². The van der Waals surface area contributed by atoms with Gasteiger partial charge >= 0.3 is 6.18 Å². The van der Waals surface area contributed by atoms with Crippen LogP contribution in [0.3, 0.4) is 0 Å². The molecule has 21 heavy (non-hydrogen) atoms. The number of nitrogens with zero attached hydrogens (tertiary/aromatic N) is 1. The molecule has 0 aliphatic heterocycles. The average Bonchev–Trinajstić information content (AvgIpc) is 2.37. The Kier molecular flexibility index (Phi) is 3.93. The highest BCUT2D eigenvalue weighted by atomic mass is 19.4. The van der Waals surface area contributed by atoms with Crippen molar-refractivity contribution in [3.8, 4) is 0 Å². The van der Waals surface area contributed by atoms with Crippen LogP contribution in [0.1, 0.15) is 21.5 Å². The number of alkyl halides is 3. The minimum atomic E-state index is -4.64. The van der Waals surface area contributed by atoms with E-state index in [9.17, 15) is 22.4 Å². The monoisotopic (exact) mass is 298 g/mol. The molecule has 0 atom stereocenters. The van der Waals surface area contributed by atoms with E-state index in [1.807, 2.05) is 0 Å². The van der Waals surface area contributed by atoms with Crippen LogP contribution in [0.4, 0.5) is 23.4 Å². The molecule has 0 saturated carbocycles. The molecule has 2 N–H and O–H groups in total. The molecular formula is C14H10F4N2O. The highest BCUT2D eigenvalue weighted by Crippen LogP contribution is 2.30. The highest BCUT2D eigenvalue weighted by molar-refractivity contribution is 5.98. The Balaban J connectivity index is 2.31. The van der Waals surface area contributed by atoms with Gasteiger partial charge in [0, 0.05) is 12.6 Å². The number of ketones is 1. The lowest BCUT2D eigenvalue weighted by molar-refractivity contribution is -0.137. The van der Waals surface area contributed by atoms with E-state index in [-0.39, 0.29) is 12.2 Å². The van der Waals surface area contributed by atoms with Gasteiger partial charge in [-0.2, -0.15) is 13.2 Å². The quantitative estimate of drug-likeness (QED) is 0.699. The summed E-state index contributed by atoms with van der Waals surface area (Å²) >= 11 is 0.